The molecule has 1 aliphatic heterocycles. The van der Waals surface area contributed by atoms with E-state index in [1.807, 2.05) is 44.2 Å². The fourth-order valence-corrected chi connectivity index (χ4v) is 6.43. The lowest BCUT2D eigenvalue weighted by Gasteiger charge is -2.50. The van der Waals surface area contributed by atoms with Gasteiger partial charge in [0.25, 0.3) is 0 Å². The van der Waals surface area contributed by atoms with Crippen LogP contribution in [0.5, 0.6) is 0 Å². The monoisotopic (exact) mass is 576 g/mol. The Morgan fingerprint density at radius 1 is 0.905 bits per heavy atom. The molecule has 0 radical (unpaired) electrons. The van der Waals surface area contributed by atoms with Crippen LogP contribution in [0.2, 0.25) is 0 Å². The van der Waals surface area contributed by atoms with E-state index in [1.54, 1.807) is 0 Å². The van der Waals surface area contributed by atoms with E-state index in [-0.39, 0.29) is 36.6 Å². The Morgan fingerprint density at radius 2 is 1.52 bits per heavy atom. The van der Waals surface area contributed by atoms with Gasteiger partial charge < -0.3 is 20.7 Å². The number of nitrogens with one attached hydrogen (secondary N) is 3. The fraction of sp³-hybridized carbons (Fsp3) is 0.559. The number of amides is 3. The quantitative estimate of drug-likeness (QED) is 0.331. The highest BCUT2D eigenvalue weighted by Crippen LogP contribution is 2.38. The highest BCUT2D eigenvalue weighted by Gasteiger charge is 2.41. The van der Waals surface area contributed by atoms with Gasteiger partial charge in [0.1, 0.15) is 19.2 Å². The fourth-order valence-electron chi connectivity index (χ4n) is 6.43. The third-order valence-corrected chi connectivity index (χ3v) is 8.63. The summed E-state index contributed by atoms with van der Waals surface area (Å²) in [6.07, 6.45) is 8.65. The molecule has 8 nitrogen and oxygen atoms in total. The van der Waals surface area contributed by atoms with E-state index in [2.05, 4.69) is 51.2 Å². The molecule has 3 N–H and O–H groups in total. The maximum atomic E-state index is 13.4. The molecule has 0 aromatic heterocycles. The van der Waals surface area contributed by atoms with Crippen LogP contribution >= 0.6 is 0 Å². The predicted molar refractivity (Wildman–Crippen MR) is 165 cm³/mol. The molecule has 228 valence electrons. The number of benzene rings is 2. The maximum Gasteiger partial charge on any atom is 0.407 e. The Balaban J connectivity index is 1.28. The summed E-state index contributed by atoms with van der Waals surface area (Å²) >= 11 is 0. The van der Waals surface area contributed by atoms with Crippen molar-refractivity contribution in [1.82, 2.24) is 20.9 Å². The third kappa shape index (κ3) is 9.58. The van der Waals surface area contributed by atoms with Gasteiger partial charge in [-0.05, 0) is 81.5 Å². The number of nitrogens with zero attached hydrogens (tertiary/aromatic N) is 1. The molecule has 8 heteroatoms. The molecule has 3 amide bonds. The molecule has 2 aromatic carbocycles. The lowest BCUT2D eigenvalue weighted by Crippen LogP contribution is -2.57. The van der Waals surface area contributed by atoms with Gasteiger partial charge in [-0.15, -0.1) is 0 Å². The molecule has 4 rings (SSSR count). The van der Waals surface area contributed by atoms with Gasteiger partial charge in [-0.25, -0.2) is 4.79 Å². The van der Waals surface area contributed by atoms with Crippen LogP contribution in [-0.4, -0.2) is 60.1 Å². The van der Waals surface area contributed by atoms with Crippen molar-refractivity contribution in [2.75, 3.05) is 19.6 Å². The number of carbonyl (C=O) groups excluding carboxylic acids is 3. The van der Waals surface area contributed by atoms with Crippen molar-refractivity contribution < 1.29 is 19.1 Å². The number of carbonyl (C=O) groups is 3. The second-order valence-electron chi connectivity index (χ2n) is 12.4. The summed E-state index contributed by atoms with van der Waals surface area (Å²) in [5.74, 6) is -0.348. The first-order valence-electron chi connectivity index (χ1n) is 15.7. The van der Waals surface area contributed by atoms with Crippen molar-refractivity contribution in [1.29, 1.82) is 0 Å². The van der Waals surface area contributed by atoms with Crippen LogP contribution < -0.4 is 16.0 Å². The summed E-state index contributed by atoms with van der Waals surface area (Å²) in [7, 11) is 0. The number of hydrogen-bond acceptors (Lipinski definition) is 5. The summed E-state index contributed by atoms with van der Waals surface area (Å²) in [4.78, 5) is 40.9. The van der Waals surface area contributed by atoms with Gasteiger partial charge in [-0.1, -0.05) is 80.9 Å². The zero-order chi connectivity index (χ0) is 29.8. The number of alkyl carbamates (subject to hydrolysis) is 1. The molecule has 0 bridgehead atoms. The van der Waals surface area contributed by atoms with Crippen molar-refractivity contribution in [3.8, 4) is 0 Å². The van der Waals surface area contributed by atoms with Crippen LogP contribution in [0, 0.1) is 5.92 Å². The molecule has 1 heterocycles. The van der Waals surface area contributed by atoms with Gasteiger partial charge in [0, 0.05) is 11.6 Å². The first kappa shape index (κ1) is 31.5. The van der Waals surface area contributed by atoms with E-state index < -0.39 is 18.0 Å². The molecule has 2 fully saturated rings. The van der Waals surface area contributed by atoms with Crippen LogP contribution in [0.25, 0.3) is 0 Å². The largest absolute Gasteiger partial charge is 0.445 e. The molecule has 2 aliphatic rings. The van der Waals surface area contributed by atoms with E-state index in [1.165, 1.54) is 24.8 Å². The molecule has 1 unspecified atom stereocenters. The molecule has 1 aliphatic carbocycles. The second kappa shape index (κ2) is 15.7. The van der Waals surface area contributed by atoms with E-state index in [0.29, 0.717) is 6.42 Å². The Bertz CT molecular complexity index is 1130. The minimum atomic E-state index is -0.672. The van der Waals surface area contributed by atoms with Crippen molar-refractivity contribution >= 4 is 17.9 Å². The topological polar surface area (TPSA) is 99.8 Å². The van der Waals surface area contributed by atoms with Crippen molar-refractivity contribution in [3.05, 3.63) is 71.8 Å². The van der Waals surface area contributed by atoms with Gasteiger partial charge in [0.2, 0.25) is 11.8 Å². The van der Waals surface area contributed by atoms with Crippen molar-refractivity contribution in [2.45, 2.75) is 95.9 Å². The zero-order valence-electron chi connectivity index (χ0n) is 25.3. The molecule has 1 saturated heterocycles. The van der Waals surface area contributed by atoms with E-state index in [0.717, 1.165) is 50.8 Å². The summed E-state index contributed by atoms with van der Waals surface area (Å²) < 4.78 is 5.18. The van der Waals surface area contributed by atoms with Crippen LogP contribution in [-0.2, 0) is 27.4 Å². The van der Waals surface area contributed by atoms with Gasteiger partial charge in [-0.3, -0.25) is 14.5 Å². The molecule has 42 heavy (non-hydrogen) atoms. The first-order chi connectivity index (χ1) is 20.3. The van der Waals surface area contributed by atoms with Crippen LogP contribution in [0.3, 0.4) is 0 Å². The van der Waals surface area contributed by atoms with Crippen molar-refractivity contribution in [3.63, 3.8) is 0 Å². The van der Waals surface area contributed by atoms with Gasteiger partial charge in [-0.2, -0.15) is 0 Å². The zero-order valence-corrected chi connectivity index (χ0v) is 25.3. The lowest BCUT2D eigenvalue weighted by molar-refractivity contribution is -0.129. The number of hydrogen-bond donors (Lipinski definition) is 3. The standard InChI is InChI=1S/C34H48N4O4/c1-26(2)22-30(37-31(39)24-35-33(41)42-25-28-14-8-4-9-15-28)32(40)36-29-16-18-34(19-17-29,38-20-10-5-11-21-38)23-27-12-6-3-7-13-27/h3-4,6-9,12-15,26,29-30H,5,10-11,16-25H2,1-2H3,(H,35,41)(H,36,40)(H,37,39). The normalized spacial score (nSPS) is 21.7. The van der Waals surface area contributed by atoms with E-state index in [4.69, 9.17) is 4.74 Å². The highest BCUT2D eigenvalue weighted by atomic mass is 16.5. The Hall–Kier alpha value is -3.39. The third-order valence-electron chi connectivity index (χ3n) is 8.63. The predicted octanol–water partition coefficient (Wildman–Crippen LogP) is 4.97. The molecule has 1 atom stereocenters. The van der Waals surface area contributed by atoms with Gasteiger partial charge in [0.15, 0.2) is 0 Å². The van der Waals surface area contributed by atoms with Gasteiger partial charge >= 0.3 is 6.09 Å². The maximum absolute atomic E-state index is 13.4. The molecule has 0 spiro atoms. The highest BCUT2D eigenvalue weighted by molar-refractivity contribution is 5.89. The number of piperidine rings is 1. The Labute approximate surface area is 251 Å². The average Bonchev–Trinajstić information content (AvgIpc) is 3.01. The number of likely N-dealkylation sites (tertiary alicyclic amines) is 1. The molecule has 2 aromatic rings. The summed E-state index contributed by atoms with van der Waals surface area (Å²) in [5.41, 5.74) is 2.37. The van der Waals surface area contributed by atoms with Gasteiger partial charge in [0.05, 0.1) is 0 Å². The summed E-state index contributed by atoms with van der Waals surface area (Å²) in [5, 5.41) is 8.57. The smallest absolute Gasteiger partial charge is 0.407 e. The second-order valence-corrected chi connectivity index (χ2v) is 12.4. The number of rotatable bonds is 12. The number of ether oxygens (including phenoxy) is 1. The van der Waals surface area contributed by atoms with Crippen LogP contribution in [0.4, 0.5) is 4.79 Å². The van der Waals surface area contributed by atoms with Crippen LogP contribution in [0.15, 0.2) is 60.7 Å². The molecular weight excluding hydrogens is 528 g/mol. The summed E-state index contributed by atoms with van der Waals surface area (Å²) in [6.45, 7) is 6.24. The Morgan fingerprint density at radius 3 is 2.14 bits per heavy atom. The SMILES string of the molecule is CC(C)CC(NC(=O)CNC(=O)OCc1ccccc1)C(=O)NC1CCC(Cc2ccccc2)(N2CCCCC2)CC1. The summed E-state index contributed by atoms with van der Waals surface area (Å²) in [6, 6.07) is 19.6. The van der Waals surface area contributed by atoms with E-state index in [9.17, 15) is 14.4 Å². The molecular formula is C34H48N4O4. The van der Waals surface area contributed by atoms with E-state index >= 15 is 0 Å². The first-order valence-corrected chi connectivity index (χ1v) is 15.7. The van der Waals surface area contributed by atoms with Crippen LogP contribution in [0.1, 0.15) is 76.3 Å². The Kier molecular flexibility index (Phi) is 11.8. The van der Waals surface area contributed by atoms with Crippen molar-refractivity contribution in [2.24, 2.45) is 5.92 Å². The minimum Gasteiger partial charge on any atom is -0.445 e. The minimum absolute atomic E-state index is 0.0869. The molecule has 1 saturated carbocycles. The lowest BCUT2D eigenvalue weighted by atomic mass is 9.73. The average molecular weight is 577 g/mol.